The van der Waals surface area contributed by atoms with Crippen LogP contribution in [0.4, 0.5) is 4.39 Å². The van der Waals surface area contributed by atoms with Gasteiger partial charge in [-0.15, -0.1) is 0 Å². The first-order valence-electron chi connectivity index (χ1n) is 10.2. The third kappa shape index (κ3) is 6.59. The zero-order chi connectivity index (χ0) is 24.5. The van der Waals surface area contributed by atoms with E-state index in [1.165, 1.54) is 25.3 Å². The van der Waals surface area contributed by atoms with Crippen LogP contribution in [0.5, 0.6) is 17.2 Å². The molecule has 3 aromatic rings. The van der Waals surface area contributed by atoms with E-state index in [2.05, 4.69) is 21.2 Å². The van der Waals surface area contributed by atoms with E-state index >= 15 is 0 Å². The number of benzene rings is 3. The van der Waals surface area contributed by atoms with E-state index in [0.717, 1.165) is 11.3 Å². The Morgan fingerprint density at radius 3 is 2.47 bits per heavy atom. The lowest BCUT2D eigenvalue weighted by atomic mass is 10.1. The Kier molecular flexibility index (Phi) is 8.66. The number of rotatable bonds is 9. The minimum Gasteiger partial charge on any atom is -0.497 e. The number of methoxy groups -OCH3 is 2. The lowest BCUT2D eigenvalue weighted by molar-refractivity contribution is -0.117. The zero-order valence-corrected chi connectivity index (χ0v) is 20.2. The number of ether oxygens (including phenoxy) is 3. The number of nitriles is 1. The van der Waals surface area contributed by atoms with E-state index in [1.807, 2.05) is 18.2 Å². The Hall–Kier alpha value is -3.83. The van der Waals surface area contributed by atoms with E-state index in [4.69, 9.17) is 14.2 Å². The molecule has 0 spiro atoms. The quantitative estimate of drug-likeness (QED) is 0.299. The number of amides is 1. The first-order chi connectivity index (χ1) is 16.4. The topological polar surface area (TPSA) is 80.6 Å². The van der Waals surface area contributed by atoms with Crippen LogP contribution in [0.2, 0.25) is 0 Å². The van der Waals surface area contributed by atoms with E-state index < -0.39 is 5.91 Å². The number of hydrogen-bond acceptors (Lipinski definition) is 5. The van der Waals surface area contributed by atoms with Crippen LogP contribution in [0.15, 0.2) is 70.7 Å². The lowest BCUT2D eigenvalue weighted by Gasteiger charge is -2.13. The fourth-order valence-electron chi connectivity index (χ4n) is 3.05. The summed E-state index contributed by atoms with van der Waals surface area (Å²) in [5, 5.41) is 12.3. The van der Waals surface area contributed by atoms with Crippen molar-refractivity contribution in [3.05, 3.63) is 93.2 Å². The Morgan fingerprint density at radius 2 is 1.82 bits per heavy atom. The van der Waals surface area contributed by atoms with Gasteiger partial charge in [-0.3, -0.25) is 4.79 Å². The minimum atomic E-state index is -0.504. The van der Waals surface area contributed by atoms with Crippen LogP contribution in [-0.4, -0.2) is 20.1 Å². The van der Waals surface area contributed by atoms with Crippen LogP contribution in [0, 0.1) is 17.1 Å². The number of hydrogen-bond donors (Lipinski definition) is 1. The molecular formula is C26H22BrFN2O4. The second-order valence-electron chi connectivity index (χ2n) is 7.14. The van der Waals surface area contributed by atoms with Gasteiger partial charge < -0.3 is 19.5 Å². The van der Waals surface area contributed by atoms with Gasteiger partial charge in [0.1, 0.15) is 29.8 Å². The Balaban J connectivity index is 1.73. The van der Waals surface area contributed by atoms with Crippen molar-refractivity contribution in [2.24, 2.45) is 0 Å². The number of halogens is 2. The predicted octanol–water partition coefficient (Wildman–Crippen LogP) is 5.41. The largest absolute Gasteiger partial charge is 0.497 e. The molecule has 0 aliphatic carbocycles. The summed E-state index contributed by atoms with van der Waals surface area (Å²) in [5.41, 5.74) is 2.03. The highest BCUT2D eigenvalue weighted by Gasteiger charge is 2.14. The fourth-order valence-corrected chi connectivity index (χ4v) is 3.48. The van der Waals surface area contributed by atoms with Gasteiger partial charge in [-0.05, 0) is 59.2 Å². The van der Waals surface area contributed by atoms with Gasteiger partial charge in [-0.25, -0.2) is 4.39 Å². The standard InChI is InChI=1S/C26H22BrFN2O4/c1-32-22-8-6-17(7-9-22)15-30-26(31)20(14-29)11-19-12-24(33-2)25(13-23(19)27)34-16-18-4-3-5-21(28)10-18/h3-13H,15-16H2,1-2H3,(H,30,31)/b20-11-. The van der Waals surface area contributed by atoms with E-state index in [1.54, 1.807) is 43.5 Å². The van der Waals surface area contributed by atoms with Crippen LogP contribution >= 0.6 is 15.9 Å². The molecule has 0 radical (unpaired) electrons. The molecule has 1 amide bonds. The van der Waals surface area contributed by atoms with Gasteiger partial charge in [0.05, 0.1) is 14.2 Å². The van der Waals surface area contributed by atoms with Gasteiger partial charge in [0.2, 0.25) is 0 Å². The molecule has 0 bridgehead atoms. The maximum atomic E-state index is 13.4. The van der Waals surface area contributed by atoms with Crippen LogP contribution < -0.4 is 19.5 Å². The number of carbonyl (C=O) groups excluding carboxylic acids is 1. The van der Waals surface area contributed by atoms with Crippen molar-refractivity contribution in [1.29, 1.82) is 5.26 Å². The Bertz CT molecular complexity index is 1240. The molecule has 6 nitrogen and oxygen atoms in total. The molecule has 8 heteroatoms. The molecule has 34 heavy (non-hydrogen) atoms. The summed E-state index contributed by atoms with van der Waals surface area (Å²) in [6.45, 7) is 0.409. The van der Waals surface area contributed by atoms with Crippen molar-refractivity contribution in [3.8, 4) is 23.3 Å². The maximum absolute atomic E-state index is 13.4. The van der Waals surface area contributed by atoms with Gasteiger partial charge >= 0.3 is 0 Å². The van der Waals surface area contributed by atoms with Gasteiger partial charge in [-0.1, -0.05) is 40.2 Å². The van der Waals surface area contributed by atoms with Crippen LogP contribution in [0.3, 0.4) is 0 Å². The molecule has 1 N–H and O–H groups in total. The molecule has 0 aliphatic rings. The van der Waals surface area contributed by atoms with Crippen molar-refractivity contribution in [2.75, 3.05) is 14.2 Å². The average molecular weight is 525 g/mol. The summed E-state index contributed by atoms with van der Waals surface area (Å²) < 4.78 is 30.3. The highest BCUT2D eigenvalue weighted by atomic mass is 79.9. The van der Waals surface area contributed by atoms with Crippen molar-refractivity contribution < 1.29 is 23.4 Å². The molecule has 0 atom stereocenters. The smallest absolute Gasteiger partial charge is 0.262 e. The molecule has 0 aliphatic heterocycles. The molecule has 3 aromatic carbocycles. The van der Waals surface area contributed by atoms with E-state index in [0.29, 0.717) is 27.1 Å². The zero-order valence-electron chi connectivity index (χ0n) is 18.6. The van der Waals surface area contributed by atoms with Gasteiger partial charge in [0.25, 0.3) is 5.91 Å². The third-order valence-electron chi connectivity index (χ3n) is 4.84. The van der Waals surface area contributed by atoms with Gasteiger partial charge in [-0.2, -0.15) is 5.26 Å². The normalized spacial score (nSPS) is 10.9. The summed E-state index contributed by atoms with van der Waals surface area (Å²) in [6.07, 6.45) is 1.46. The highest BCUT2D eigenvalue weighted by Crippen LogP contribution is 2.35. The highest BCUT2D eigenvalue weighted by molar-refractivity contribution is 9.10. The summed E-state index contributed by atoms with van der Waals surface area (Å²) in [5.74, 6) is 0.703. The van der Waals surface area contributed by atoms with Crippen molar-refractivity contribution in [2.45, 2.75) is 13.2 Å². The van der Waals surface area contributed by atoms with E-state index in [9.17, 15) is 14.4 Å². The summed E-state index contributed by atoms with van der Waals surface area (Å²) in [4.78, 5) is 12.6. The monoisotopic (exact) mass is 524 g/mol. The number of carbonyl (C=O) groups is 1. The second-order valence-corrected chi connectivity index (χ2v) is 8.00. The Morgan fingerprint density at radius 1 is 1.06 bits per heavy atom. The molecule has 174 valence electrons. The number of nitrogens with zero attached hydrogens (tertiary/aromatic N) is 1. The summed E-state index contributed by atoms with van der Waals surface area (Å²) in [6, 6.07) is 18.6. The van der Waals surface area contributed by atoms with Gasteiger partial charge in [0, 0.05) is 11.0 Å². The molecule has 3 rings (SSSR count). The number of nitrogens with one attached hydrogen (secondary N) is 1. The molecule has 0 saturated heterocycles. The van der Waals surface area contributed by atoms with Crippen LogP contribution in [0.25, 0.3) is 6.08 Å². The Labute approximate surface area is 205 Å². The van der Waals surface area contributed by atoms with Crippen molar-refractivity contribution in [3.63, 3.8) is 0 Å². The average Bonchev–Trinajstić information content (AvgIpc) is 2.85. The molecule has 0 saturated carbocycles. The summed E-state index contributed by atoms with van der Waals surface area (Å²) in [7, 11) is 3.06. The second kappa shape index (κ2) is 11.9. The third-order valence-corrected chi connectivity index (χ3v) is 5.53. The fraction of sp³-hybridized carbons (Fsp3) is 0.154. The summed E-state index contributed by atoms with van der Waals surface area (Å²) >= 11 is 3.45. The SMILES string of the molecule is COc1ccc(CNC(=O)/C(C#N)=C\c2cc(OC)c(OCc3cccc(F)c3)cc2Br)cc1. The first kappa shape index (κ1) is 24.8. The molecule has 0 unspecified atom stereocenters. The molecule has 0 aromatic heterocycles. The van der Waals surface area contributed by atoms with Crippen molar-refractivity contribution in [1.82, 2.24) is 5.32 Å². The van der Waals surface area contributed by atoms with Crippen LogP contribution in [0.1, 0.15) is 16.7 Å². The van der Waals surface area contributed by atoms with E-state index in [-0.39, 0.29) is 24.5 Å². The molecule has 0 heterocycles. The molecular weight excluding hydrogens is 503 g/mol. The minimum absolute atomic E-state index is 0.0651. The van der Waals surface area contributed by atoms with Gasteiger partial charge in [0.15, 0.2) is 11.5 Å². The lowest BCUT2D eigenvalue weighted by Crippen LogP contribution is -2.23. The van der Waals surface area contributed by atoms with Crippen LogP contribution in [-0.2, 0) is 17.9 Å². The first-order valence-corrected chi connectivity index (χ1v) is 11.0. The molecule has 0 fully saturated rings. The van der Waals surface area contributed by atoms with Crippen molar-refractivity contribution >= 4 is 27.9 Å². The predicted molar refractivity (Wildman–Crippen MR) is 130 cm³/mol. The maximum Gasteiger partial charge on any atom is 0.262 e.